The minimum absolute atomic E-state index is 0.260. The van der Waals surface area contributed by atoms with E-state index in [1.807, 2.05) is 0 Å². The molecule has 0 amide bonds. The summed E-state index contributed by atoms with van der Waals surface area (Å²) in [5.41, 5.74) is 0.199. The number of benzene rings is 1. The van der Waals surface area contributed by atoms with Crippen LogP contribution in [0.3, 0.4) is 0 Å². The van der Waals surface area contributed by atoms with Gasteiger partial charge in [0.1, 0.15) is 5.75 Å². The van der Waals surface area contributed by atoms with Crippen LogP contribution >= 0.6 is 0 Å². The number of ether oxygens (including phenoxy) is 1. The molecule has 0 aliphatic rings. The summed E-state index contributed by atoms with van der Waals surface area (Å²) in [6.07, 6.45) is 1.09. The standard InChI is InChI=1S/C11H10N2O4/c1-6-3-7-10(9(4-6)17-2)12-5-8(11(7)14)13(15)16/h3-5H,1-2H3,(H,12,14). The van der Waals surface area contributed by atoms with E-state index in [1.54, 1.807) is 19.1 Å². The van der Waals surface area contributed by atoms with E-state index >= 15 is 0 Å². The summed E-state index contributed by atoms with van der Waals surface area (Å²) < 4.78 is 5.12. The van der Waals surface area contributed by atoms with Gasteiger partial charge in [0.25, 0.3) is 5.43 Å². The number of aryl methyl sites for hydroxylation is 1. The van der Waals surface area contributed by atoms with Crippen LogP contribution in [0, 0.1) is 17.0 Å². The van der Waals surface area contributed by atoms with E-state index in [9.17, 15) is 14.9 Å². The predicted molar refractivity (Wildman–Crippen MR) is 62.5 cm³/mol. The summed E-state index contributed by atoms with van der Waals surface area (Å²) >= 11 is 0. The van der Waals surface area contributed by atoms with E-state index in [4.69, 9.17) is 4.74 Å². The third kappa shape index (κ3) is 1.73. The fourth-order valence-electron chi connectivity index (χ4n) is 1.72. The maximum atomic E-state index is 11.9. The molecule has 88 valence electrons. The number of nitro groups is 1. The van der Waals surface area contributed by atoms with Gasteiger partial charge < -0.3 is 9.72 Å². The van der Waals surface area contributed by atoms with E-state index in [1.165, 1.54) is 7.11 Å². The molecule has 1 aromatic carbocycles. The quantitative estimate of drug-likeness (QED) is 0.633. The highest BCUT2D eigenvalue weighted by Crippen LogP contribution is 2.24. The van der Waals surface area contributed by atoms with Crippen LogP contribution in [-0.2, 0) is 0 Å². The molecule has 0 spiro atoms. The minimum Gasteiger partial charge on any atom is -0.495 e. The van der Waals surface area contributed by atoms with Crippen molar-refractivity contribution < 1.29 is 9.66 Å². The fraction of sp³-hybridized carbons (Fsp3) is 0.182. The molecule has 1 N–H and O–H groups in total. The third-order valence-corrected chi connectivity index (χ3v) is 2.49. The van der Waals surface area contributed by atoms with Crippen molar-refractivity contribution in [1.29, 1.82) is 0 Å². The van der Waals surface area contributed by atoms with E-state index in [0.29, 0.717) is 11.3 Å². The highest BCUT2D eigenvalue weighted by atomic mass is 16.6. The van der Waals surface area contributed by atoms with E-state index in [-0.39, 0.29) is 5.39 Å². The molecule has 6 nitrogen and oxygen atoms in total. The van der Waals surface area contributed by atoms with Gasteiger partial charge in [-0.1, -0.05) is 0 Å². The molecule has 0 atom stereocenters. The Balaban J connectivity index is 2.91. The molecule has 0 aliphatic carbocycles. The molecule has 17 heavy (non-hydrogen) atoms. The number of nitrogens with one attached hydrogen (secondary N) is 1. The number of nitrogens with zero attached hydrogens (tertiary/aromatic N) is 1. The Morgan fingerprint density at radius 1 is 1.41 bits per heavy atom. The topological polar surface area (TPSA) is 85.2 Å². The minimum atomic E-state index is -0.701. The van der Waals surface area contributed by atoms with Crippen molar-refractivity contribution >= 4 is 16.6 Å². The lowest BCUT2D eigenvalue weighted by Crippen LogP contribution is -2.09. The van der Waals surface area contributed by atoms with Crippen molar-refractivity contribution in [2.45, 2.75) is 6.92 Å². The van der Waals surface area contributed by atoms with E-state index < -0.39 is 16.0 Å². The zero-order valence-electron chi connectivity index (χ0n) is 9.31. The molecular weight excluding hydrogens is 224 g/mol. The molecule has 0 aliphatic heterocycles. The summed E-state index contributed by atoms with van der Waals surface area (Å²) in [4.78, 5) is 24.6. The largest absolute Gasteiger partial charge is 0.495 e. The maximum Gasteiger partial charge on any atom is 0.332 e. The van der Waals surface area contributed by atoms with Crippen LogP contribution < -0.4 is 10.2 Å². The highest BCUT2D eigenvalue weighted by Gasteiger charge is 2.16. The van der Waals surface area contributed by atoms with Gasteiger partial charge in [-0.15, -0.1) is 0 Å². The van der Waals surface area contributed by atoms with Gasteiger partial charge in [-0.3, -0.25) is 14.9 Å². The van der Waals surface area contributed by atoms with Crippen LogP contribution in [0.4, 0.5) is 5.69 Å². The van der Waals surface area contributed by atoms with Gasteiger partial charge in [0.05, 0.1) is 29.1 Å². The Bertz CT molecular complexity index is 660. The summed E-state index contributed by atoms with van der Waals surface area (Å²) in [7, 11) is 1.48. The van der Waals surface area contributed by atoms with Gasteiger partial charge in [0, 0.05) is 0 Å². The van der Waals surface area contributed by atoms with Gasteiger partial charge in [-0.05, 0) is 24.6 Å². The van der Waals surface area contributed by atoms with Crippen LogP contribution in [0.5, 0.6) is 5.75 Å². The summed E-state index contributed by atoms with van der Waals surface area (Å²) in [5.74, 6) is 0.493. The second-order valence-corrected chi connectivity index (χ2v) is 3.65. The van der Waals surface area contributed by atoms with Crippen LogP contribution in [0.25, 0.3) is 10.9 Å². The Morgan fingerprint density at radius 2 is 2.12 bits per heavy atom. The number of hydrogen-bond donors (Lipinski definition) is 1. The van der Waals surface area contributed by atoms with Crippen LogP contribution in [0.15, 0.2) is 23.1 Å². The van der Waals surface area contributed by atoms with E-state index in [2.05, 4.69) is 4.98 Å². The second kappa shape index (κ2) is 3.89. The number of hydrogen-bond acceptors (Lipinski definition) is 4. The lowest BCUT2D eigenvalue weighted by Gasteiger charge is -2.06. The molecule has 6 heteroatoms. The molecule has 0 saturated heterocycles. The normalized spacial score (nSPS) is 10.5. The molecular formula is C11H10N2O4. The van der Waals surface area contributed by atoms with E-state index in [0.717, 1.165) is 11.8 Å². The van der Waals surface area contributed by atoms with Gasteiger partial charge >= 0.3 is 5.69 Å². The highest BCUT2D eigenvalue weighted by molar-refractivity contribution is 5.86. The summed E-state index contributed by atoms with van der Waals surface area (Å²) in [6.45, 7) is 1.79. The first kappa shape index (κ1) is 11.1. The Hall–Kier alpha value is -2.37. The van der Waals surface area contributed by atoms with Gasteiger partial charge in [-0.25, -0.2) is 0 Å². The van der Waals surface area contributed by atoms with Gasteiger partial charge in [0.2, 0.25) is 0 Å². The zero-order valence-corrected chi connectivity index (χ0v) is 9.31. The number of fused-ring (bicyclic) bond motifs is 1. The van der Waals surface area contributed by atoms with Crippen molar-refractivity contribution in [2.24, 2.45) is 0 Å². The summed E-state index contributed by atoms with van der Waals surface area (Å²) in [5, 5.41) is 10.9. The van der Waals surface area contributed by atoms with Crippen LogP contribution in [0.1, 0.15) is 5.56 Å². The molecule has 0 unspecified atom stereocenters. The van der Waals surface area contributed by atoms with Crippen molar-refractivity contribution in [2.75, 3.05) is 7.11 Å². The molecule has 0 saturated carbocycles. The Kier molecular flexibility index (Phi) is 2.55. The van der Waals surface area contributed by atoms with Gasteiger partial charge in [0.15, 0.2) is 0 Å². The van der Waals surface area contributed by atoms with Crippen molar-refractivity contribution in [1.82, 2.24) is 4.98 Å². The molecule has 1 heterocycles. The first-order valence-corrected chi connectivity index (χ1v) is 4.89. The lowest BCUT2D eigenvalue weighted by atomic mass is 10.1. The number of H-pyrrole nitrogens is 1. The van der Waals surface area contributed by atoms with Crippen LogP contribution in [-0.4, -0.2) is 17.0 Å². The molecule has 0 bridgehead atoms. The van der Waals surface area contributed by atoms with Crippen molar-refractivity contribution in [3.63, 3.8) is 0 Å². The zero-order chi connectivity index (χ0) is 12.6. The number of pyridine rings is 1. The second-order valence-electron chi connectivity index (χ2n) is 3.65. The average molecular weight is 234 g/mol. The Labute approximate surface area is 96.0 Å². The van der Waals surface area contributed by atoms with Crippen molar-refractivity contribution in [3.05, 3.63) is 44.2 Å². The average Bonchev–Trinajstić information content (AvgIpc) is 2.28. The number of aromatic nitrogens is 1. The monoisotopic (exact) mass is 234 g/mol. The third-order valence-electron chi connectivity index (χ3n) is 2.49. The summed E-state index contributed by atoms with van der Waals surface area (Å²) in [6, 6.07) is 3.35. The number of rotatable bonds is 2. The maximum absolute atomic E-state index is 11.9. The predicted octanol–water partition coefficient (Wildman–Crippen LogP) is 1.75. The van der Waals surface area contributed by atoms with Crippen molar-refractivity contribution in [3.8, 4) is 5.75 Å². The molecule has 2 rings (SSSR count). The number of aromatic amines is 1. The fourth-order valence-corrected chi connectivity index (χ4v) is 1.72. The first-order chi connectivity index (χ1) is 8.04. The molecule has 0 radical (unpaired) electrons. The number of methoxy groups -OCH3 is 1. The lowest BCUT2D eigenvalue weighted by molar-refractivity contribution is -0.386. The van der Waals surface area contributed by atoms with Gasteiger partial charge in [-0.2, -0.15) is 0 Å². The molecule has 1 aromatic heterocycles. The van der Waals surface area contributed by atoms with Crippen LogP contribution in [0.2, 0.25) is 0 Å². The molecule has 2 aromatic rings. The SMILES string of the molecule is COc1cc(C)cc2c(=O)c([N+](=O)[O-])c[nH]c12. The first-order valence-electron chi connectivity index (χ1n) is 4.89. The Morgan fingerprint density at radius 3 is 2.71 bits per heavy atom. The molecule has 0 fully saturated rings. The smallest absolute Gasteiger partial charge is 0.332 e.